The van der Waals surface area contributed by atoms with Gasteiger partial charge < -0.3 is 10.6 Å². The average Bonchev–Trinajstić information content (AvgIpc) is 2.37. The molecule has 102 valence electrons. The monoisotopic (exact) mass is 278 g/mol. The van der Waals surface area contributed by atoms with E-state index in [-0.39, 0.29) is 23.5 Å². The van der Waals surface area contributed by atoms with Gasteiger partial charge in [0.2, 0.25) is 11.8 Å². The van der Waals surface area contributed by atoms with Crippen molar-refractivity contribution >= 4 is 29.3 Å². The van der Waals surface area contributed by atoms with Crippen LogP contribution in [0.5, 0.6) is 0 Å². The summed E-state index contributed by atoms with van der Waals surface area (Å²) >= 11 is 1.54. The number of hydrogen-bond donors (Lipinski definition) is 2. The van der Waals surface area contributed by atoms with Gasteiger partial charge >= 0.3 is 0 Å². The molecule has 1 fully saturated rings. The Kier molecular flexibility index (Phi) is 4.47. The van der Waals surface area contributed by atoms with Crippen LogP contribution in [0.3, 0.4) is 0 Å². The summed E-state index contributed by atoms with van der Waals surface area (Å²) in [5.74, 6) is 0.720. The number of amides is 2. The average molecular weight is 278 g/mol. The highest BCUT2D eigenvalue weighted by molar-refractivity contribution is 8.00. The highest BCUT2D eigenvalue weighted by Gasteiger charge is 2.25. The van der Waals surface area contributed by atoms with E-state index in [1.54, 1.807) is 11.8 Å². The van der Waals surface area contributed by atoms with Crippen LogP contribution in [-0.4, -0.2) is 29.4 Å². The minimum atomic E-state index is -0.264. The predicted molar refractivity (Wildman–Crippen MR) is 78.4 cm³/mol. The highest BCUT2D eigenvalue weighted by Crippen LogP contribution is 2.19. The molecule has 2 amide bonds. The Morgan fingerprint density at radius 2 is 2.21 bits per heavy atom. The molecule has 1 aromatic rings. The predicted octanol–water partition coefficient (Wildman–Crippen LogP) is 1.86. The number of nitrogens with one attached hydrogen (secondary N) is 2. The molecule has 1 heterocycles. The van der Waals surface area contributed by atoms with E-state index in [1.807, 2.05) is 32.0 Å². The number of carbonyl (C=O) groups is 2. The van der Waals surface area contributed by atoms with Gasteiger partial charge in [0.05, 0.1) is 5.25 Å². The van der Waals surface area contributed by atoms with Gasteiger partial charge in [-0.3, -0.25) is 9.59 Å². The van der Waals surface area contributed by atoms with Crippen LogP contribution < -0.4 is 10.6 Å². The second-order valence-corrected chi connectivity index (χ2v) is 6.01. The Labute approximate surface area is 117 Å². The summed E-state index contributed by atoms with van der Waals surface area (Å²) in [5.41, 5.74) is 3.12. The zero-order valence-electron chi connectivity index (χ0n) is 11.2. The van der Waals surface area contributed by atoms with Crippen LogP contribution in [0.4, 0.5) is 5.69 Å². The molecule has 0 aromatic heterocycles. The first-order chi connectivity index (χ1) is 9.06. The minimum absolute atomic E-state index is 0.0357. The highest BCUT2D eigenvalue weighted by atomic mass is 32.2. The number of hydrogen-bond acceptors (Lipinski definition) is 3. The first kappa shape index (κ1) is 13.9. The lowest BCUT2D eigenvalue weighted by atomic mass is 10.1. The second kappa shape index (κ2) is 6.10. The van der Waals surface area contributed by atoms with E-state index < -0.39 is 0 Å². The first-order valence-electron chi connectivity index (χ1n) is 6.32. The lowest BCUT2D eigenvalue weighted by Gasteiger charge is -2.20. The molecule has 5 heteroatoms. The lowest BCUT2D eigenvalue weighted by Crippen LogP contribution is -2.40. The third-order valence-corrected chi connectivity index (χ3v) is 4.40. The SMILES string of the molecule is Cc1ccc(NC(=O)C[C@H]2SCCNC2=O)cc1C. The van der Waals surface area contributed by atoms with Gasteiger partial charge in [-0.15, -0.1) is 11.8 Å². The fourth-order valence-electron chi connectivity index (χ4n) is 1.92. The first-order valence-corrected chi connectivity index (χ1v) is 7.37. The van der Waals surface area contributed by atoms with Gasteiger partial charge in [-0.05, 0) is 37.1 Å². The summed E-state index contributed by atoms with van der Waals surface area (Å²) in [6, 6.07) is 5.81. The summed E-state index contributed by atoms with van der Waals surface area (Å²) in [5, 5.41) is 5.36. The van der Waals surface area contributed by atoms with E-state index in [1.165, 1.54) is 5.56 Å². The Hall–Kier alpha value is -1.49. The number of carbonyl (C=O) groups excluding carboxylic acids is 2. The van der Waals surface area contributed by atoms with E-state index in [9.17, 15) is 9.59 Å². The number of benzene rings is 1. The topological polar surface area (TPSA) is 58.2 Å². The Morgan fingerprint density at radius 3 is 2.89 bits per heavy atom. The van der Waals surface area contributed by atoms with Crippen molar-refractivity contribution in [1.29, 1.82) is 0 Å². The number of rotatable bonds is 3. The summed E-state index contributed by atoms with van der Waals surface area (Å²) in [6.45, 7) is 4.73. The van der Waals surface area contributed by atoms with E-state index in [0.29, 0.717) is 6.54 Å². The van der Waals surface area contributed by atoms with Crippen LogP contribution in [0, 0.1) is 13.8 Å². The molecule has 0 aliphatic carbocycles. The van der Waals surface area contributed by atoms with Crippen molar-refractivity contribution in [3.63, 3.8) is 0 Å². The third kappa shape index (κ3) is 3.73. The number of thioether (sulfide) groups is 1. The molecule has 1 aliphatic rings. The molecule has 4 nitrogen and oxygen atoms in total. The maximum Gasteiger partial charge on any atom is 0.233 e. The molecule has 0 saturated carbocycles. The molecule has 0 radical (unpaired) electrons. The second-order valence-electron chi connectivity index (χ2n) is 4.70. The molecule has 1 saturated heterocycles. The van der Waals surface area contributed by atoms with Gasteiger partial charge in [0.25, 0.3) is 0 Å². The van der Waals surface area contributed by atoms with Crippen molar-refractivity contribution < 1.29 is 9.59 Å². The maximum absolute atomic E-state index is 11.9. The van der Waals surface area contributed by atoms with Gasteiger partial charge in [-0.1, -0.05) is 6.07 Å². The molecular formula is C14H18N2O2S. The number of anilines is 1. The standard InChI is InChI=1S/C14H18N2O2S/c1-9-3-4-11(7-10(9)2)16-13(17)8-12-14(18)15-5-6-19-12/h3-4,7,12H,5-6,8H2,1-2H3,(H,15,18)(H,16,17)/t12-/m1/s1. The van der Waals surface area contributed by atoms with Gasteiger partial charge in [-0.2, -0.15) is 0 Å². The fraction of sp³-hybridized carbons (Fsp3) is 0.429. The van der Waals surface area contributed by atoms with Crippen LogP contribution in [0.25, 0.3) is 0 Å². The van der Waals surface area contributed by atoms with Gasteiger partial charge in [0, 0.05) is 24.4 Å². The lowest BCUT2D eigenvalue weighted by molar-refractivity contribution is -0.123. The zero-order chi connectivity index (χ0) is 13.8. The van der Waals surface area contributed by atoms with Crippen LogP contribution in [0.1, 0.15) is 17.5 Å². The van der Waals surface area contributed by atoms with E-state index in [2.05, 4.69) is 10.6 Å². The Morgan fingerprint density at radius 1 is 1.42 bits per heavy atom. The van der Waals surface area contributed by atoms with Crippen LogP contribution >= 0.6 is 11.8 Å². The van der Waals surface area contributed by atoms with Gasteiger partial charge in [0.15, 0.2) is 0 Å². The molecule has 0 spiro atoms. The Bertz CT molecular complexity index is 502. The van der Waals surface area contributed by atoms with Gasteiger partial charge in [0.1, 0.15) is 0 Å². The molecule has 1 aliphatic heterocycles. The zero-order valence-corrected chi connectivity index (χ0v) is 12.0. The molecule has 1 aromatic carbocycles. The normalized spacial score (nSPS) is 18.8. The summed E-state index contributed by atoms with van der Waals surface area (Å²) in [6.07, 6.45) is 0.226. The molecule has 0 unspecified atom stereocenters. The third-order valence-electron chi connectivity index (χ3n) is 3.17. The number of aryl methyl sites for hydroxylation is 2. The fourth-order valence-corrected chi connectivity index (χ4v) is 2.92. The Balaban J connectivity index is 1.93. The summed E-state index contributed by atoms with van der Waals surface area (Å²) in [4.78, 5) is 23.5. The molecule has 1 atom stereocenters. The van der Waals surface area contributed by atoms with Crippen molar-refractivity contribution in [2.45, 2.75) is 25.5 Å². The van der Waals surface area contributed by atoms with Crippen LogP contribution in [0.2, 0.25) is 0 Å². The van der Waals surface area contributed by atoms with Crippen LogP contribution in [-0.2, 0) is 9.59 Å². The molecule has 19 heavy (non-hydrogen) atoms. The largest absolute Gasteiger partial charge is 0.354 e. The quantitative estimate of drug-likeness (QED) is 0.887. The van der Waals surface area contributed by atoms with Crippen molar-refractivity contribution in [2.24, 2.45) is 0 Å². The van der Waals surface area contributed by atoms with Crippen molar-refractivity contribution in [3.05, 3.63) is 29.3 Å². The van der Waals surface area contributed by atoms with Gasteiger partial charge in [-0.25, -0.2) is 0 Å². The van der Waals surface area contributed by atoms with Crippen molar-refractivity contribution in [3.8, 4) is 0 Å². The maximum atomic E-state index is 11.9. The van der Waals surface area contributed by atoms with Crippen molar-refractivity contribution in [2.75, 3.05) is 17.6 Å². The summed E-state index contributed by atoms with van der Waals surface area (Å²) < 4.78 is 0. The molecule has 0 bridgehead atoms. The molecule has 2 rings (SSSR count). The molecular weight excluding hydrogens is 260 g/mol. The van der Waals surface area contributed by atoms with E-state index >= 15 is 0 Å². The van der Waals surface area contributed by atoms with Crippen molar-refractivity contribution in [1.82, 2.24) is 5.32 Å². The molecule has 2 N–H and O–H groups in total. The summed E-state index contributed by atoms with van der Waals surface area (Å²) in [7, 11) is 0. The van der Waals surface area contributed by atoms with E-state index in [4.69, 9.17) is 0 Å². The smallest absolute Gasteiger partial charge is 0.233 e. The van der Waals surface area contributed by atoms with E-state index in [0.717, 1.165) is 17.0 Å². The minimum Gasteiger partial charge on any atom is -0.354 e. The van der Waals surface area contributed by atoms with Crippen LogP contribution in [0.15, 0.2) is 18.2 Å².